The molecular weight excluding hydrogens is 420 g/mol. The topological polar surface area (TPSA) is 96.2 Å². The van der Waals surface area contributed by atoms with Crippen molar-refractivity contribution in [2.75, 3.05) is 39.3 Å². The van der Waals surface area contributed by atoms with Crippen molar-refractivity contribution in [1.29, 1.82) is 0 Å². The van der Waals surface area contributed by atoms with Gasteiger partial charge in [0.25, 0.3) is 5.91 Å². The van der Waals surface area contributed by atoms with Crippen LogP contribution in [0.15, 0.2) is 36.4 Å². The monoisotopic (exact) mass is 452 g/mol. The van der Waals surface area contributed by atoms with Crippen LogP contribution in [0.1, 0.15) is 43.0 Å². The summed E-state index contributed by atoms with van der Waals surface area (Å²) < 4.78 is 5.58. The molecule has 1 unspecified atom stereocenters. The highest BCUT2D eigenvalue weighted by Crippen LogP contribution is 2.28. The summed E-state index contributed by atoms with van der Waals surface area (Å²) in [7, 11) is 0. The van der Waals surface area contributed by atoms with Gasteiger partial charge < -0.3 is 20.3 Å². The number of nitrogens with zero attached hydrogens (tertiary/aromatic N) is 3. The third-order valence-electron chi connectivity index (χ3n) is 6.67. The summed E-state index contributed by atoms with van der Waals surface area (Å²) in [6, 6.07) is 10.0. The number of ether oxygens (including phenoxy) is 1. The maximum Gasteiger partial charge on any atom is 0.415 e. The second-order valence-electron chi connectivity index (χ2n) is 8.84. The molecule has 33 heavy (non-hydrogen) atoms. The number of fused-ring (bicyclic) bond motifs is 1. The van der Waals surface area contributed by atoms with Crippen molar-refractivity contribution in [3.63, 3.8) is 0 Å². The van der Waals surface area contributed by atoms with Crippen molar-refractivity contribution < 1.29 is 19.1 Å². The van der Waals surface area contributed by atoms with Crippen molar-refractivity contribution in [1.82, 2.24) is 14.7 Å². The van der Waals surface area contributed by atoms with E-state index in [1.807, 2.05) is 17.0 Å². The molecule has 2 fully saturated rings. The standard InChI is InChI=1S/C25H32N4O4/c1-18-24(31)28(15-7-14-27-12-5-2-6-13-27)16-17-29(18)25(32)33-21-11-10-19-8-3-4-9-20(19)22(21)23(26)30/h3-4,8-11,18H,2,5-7,12-17H2,1H3,(H2,26,30). The van der Waals surface area contributed by atoms with Crippen LogP contribution in [0.5, 0.6) is 5.75 Å². The Bertz CT molecular complexity index is 1030. The molecular formula is C25H32N4O4. The number of carbonyl (C=O) groups excluding carboxylic acids is 3. The predicted molar refractivity (Wildman–Crippen MR) is 126 cm³/mol. The number of likely N-dealkylation sites (tertiary alicyclic amines) is 1. The lowest BCUT2D eigenvalue weighted by Crippen LogP contribution is -2.58. The van der Waals surface area contributed by atoms with E-state index in [2.05, 4.69) is 4.90 Å². The Hall–Kier alpha value is -3.13. The maximum absolute atomic E-state index is 12.9. The molecule has 0 spiro atoms. The number of rotatable bonds is 6. The average molecular weight is 453 g/mol. The normalized spacial score (nSPS) is 19.7. The van der Waals surface area contributed by atoms with E-state index in [-0.39, 0.29) is 17.2 Å². The van der Waals surface area contributed by atoms with Gasteiger partial charge in [0, 0.05) is 19.6 Å². The summed E-state index contributed by atoms with van der Waals surface area (Å²) in [5.41, 5.74) is 5.76. The zero-order valence-corrected chi connectivity index (χ0v) is 19.2. The van der Waals surface area contributed by atoms with Crippen LogP contribution in [-0.4, -0.2) is 77.9 Å². The molecule has 8 heteroatoms. The van der Waals surface area contributed by atoms with E-state index in [1.54, 1.807) is 31.2 Å². The maximum atomic E-state index is 12.9. The summed E-state index contributed by atoms with van der Waals surface area (Å²) >= 11 is 0. The summed E-state index contributed by atoms with van der Waals surface area (Å²) in [5, 5.41) is 1.45. The molecule has 2 heterocycles. The summed E-state index contributed by atoms with van der Waals surface area (Å²) in [6.45, 7) is 6.56. The van der Waals surface area contributed by atoms with Crippen LogP contribution in [0.3, 0.4) is 0 Å². The van der Waals surface area contributed by atoms with Crippen LogP contribution in [0.2, 0.25) is 0 Å². The predicted octanol–water partition coefficient (Wildman–Crippen LogP) is 2.85. The van der Waals surface area contributed by atoms with Gasteiger partial charge in [-0.05, 0) is 62.7 Å². The van der Waals surface area contributed by atoms with Gasteiger partial charge >= 0.3 is 6.09 Å². The second-order valence-corrected chi connectivity index (χ2v) is 8.84. The lowest BCUT2D eigenvalue weighted by molar-refractivity contribution is -0.139. The van der Waals surface area contributed by atoms with E-state index in [0.717, 1.165) is 31.4 Å². The minimum atomic E-state index is -0.669. The fourth-order valence-electron chi connectivity index (χ4n) is 4.81. The molecule has 2 aromatic carbocycles. The first-order chi connectivity index (χ1) is 16.0. The number of piperidine rings is 1. The number of primary amides is 1. The Morgan fingerprint density at radius 2 is 1.76 bits per heavy atom. The van der Waals surface area contributed by atoms with Gasteiger partial charge in [-0.15, -0.1) is 0 Å². The van der Waals surface area contributed by atoms with Gasteiger partial charge in [0.15, 0.2) is 0 Å². The fourth-order valence-corrected chi connectivity index (χ4v) is 4.81. The molecule has 0 aromatic heterocycles. The van der Waals surface area contributed by atoms with Crippen molar-refractivity contribution >= 4 is 28.7 Å². The third kappa shape index (κ3) is 5.11. The molecule has 2 N–H and O–H groups in total. The lowest BCUT2D eigenvalue weighted by atomic mass is 10.0. The molecule has 2 aromatic rings. The first kappa shape index (κ1) is 23.0. The number of hydrogen-bond donors (Lipinski definition) is 1. The number of hydrogen-bond acceptors (Lipinski definition) is 5. The van der Waals surface area contributed by atoms with Gasteiger partial charge in [0.2, 0.25) is 5.91 Å². The Morgan fingerprint density at radius 1 is 1.00 bits per heavy atom. The second kappa shape index (κ2) is 10.2. The van der Waals surface area contributed by atoms with Crippen molar-refractivity contribution in [3.05, 3.63) is 42.0 Å². The Kier molecular flexibility index (Phi) is 7.13. The van der Waals surface area contributed by atoms with Crippen LogP contribution in [-0.2, 0) is 4.79 Å². The summed E-state index contributed by atoms with van der Waals surface area (Å²) in [5.74, 6) is -0.641. The van der Waals surface area contributed by atoms with E-state index in [9.17, 15) is 14.4 Å². The molecule has 0 radical (unpaired) electrons. The Balaban J connectivity index is 1.38. The van der Waals surface area contributed by atoms with Gasteiger partial charge in [-0.1, -0.05) is 36.8 Å². The molecule has 4 rings (SSSR count). The number of carbonyl (C=O) groups is 3. The van der Waals surface area contributed by atoms with Crippen molar-refractivity contribution in [2.24, 2.45) is 5.73 Å². The average Bonchev–Trinajstić information content (AvgIpc) is 2.82. The van der Waals surface area contributed by atoms with Gasteiger partial charge in [-0.3, -0.25) is 14.5 Å². The fraction of sp³-hybridized carbons (Fsp3) is 0.480. The van der Waals surface area contributed by atoms with Gasteiger partial charge in [-0.25, -0.2) is 4.79 Å². The number of amides is 3. The van der Waals surface area contributed by atoms with Crippen LogP contribution in [0, 0.1) is 0 Å². The first-order valence-electron chi connectivity index (χ1n) is 11.8. The van der Waals surface area contributed by atoms with E-state index in [1.165, 1.54) is 24.2 Å². The van der Waals surface area contributed by atoms with Crippen molar-refractivity contribution in [3.8, 4) is 5.75 Å². The largest absolute Gasteiger partial charge is 0.415 e. The molecule has 2 aliphatic rings. The summed E-state index contributed by atoms with van der Waals surface area (Å²) in [4.78, 5) is 43.7. The number of benzene rings is 2. The zero-order chi connectivity index (χ0) is 23.4. The molecule has 0 bridgehead atoms. The molecule has 8 nitrogen and oxygen atoms in total. The zero-order valence-electron chi connectivity index (χ0n) is 19.2. The molecule has 2 aliphatic heterocycles. The number of piperazine rings is 1. The third-order valence-corrected chi connectivity index (χ3v) is 6.67. The Morgan fingerprint density at radius 3 is 2.52 bits per heavy atom. The summed E-state index contributed by atoms with van der Waals surface area (Å²) in [6.07, 6.45) is 4.10. The lowest BCUT2D eigenvalue weighted by Gasteiger charge is -2.38. The van der Waals surface area contributed by atoms with Gasteiger partial charge in [0.1, 0.15) is 11.8 Å². The molecule has 0 aliphatic carbocycles. The highest BCUT2D eigenvalue weighted by atomic mass is 16.6. The SMILES string of the molecule is CC1C(=O)N(CCCN2CCCCC2)CCN1C(=O)Oc1ccc2ccccc2c1C(N)=O. The van der Waals surface area contributed by atoms with E-state index in [0.29, 0.717) is 25.0 Å². The Labute approximate surface area is 194 Å². The molecule has 176 valence electrons. The smallest absolute Gasteiger partial charge is 0.409 e. The minimum Gasteiger partial charge on any atom is -0.409 e. The molecule has 1 atom stereocenters. The quantitative estimate of drug-likeness (QED) is 0.727. The van der Waals surface area contributed by atoms with Gasteiger partial charge in [-0.2, -0.15) is 0 Å². The molecule has 0 saturated carbocycles. The van der Waals surface area contributed by atoms with E-state index < -0.39 is 18.0 Å². The molecule has 2 saturated heterocycles. The highest BCUT2D eigenvalue weighted by Gasteiger charge is 2.35. The van der Waals surface area contributed by atoms with E-state index >= 15 is 0 Å². The number of nitrogens with two attached hydrogens (primary N) is 1. The van der Waals surface area contributed by atoms with Crippen molar-refractivity contribution in [2.45, 2.75) is 38.6 Å². The highest BCUT2D eigenvalue weighted by molar-refractivity contribution is 6.09. The molecule has 3 amide bonds. The van der Waals surface area contributed by atoms with Crippen LogP contribution in [0.4, 0.5) is 4.79 Å². The van der Waals surface area contributed by atoms with Gasteiger partial charge in [0.05, 0.1) is 5.56 Å². The van der Waals surface area contributed by atoms with Crippen LogP contribution in [0.25, 0.3) is 10.8 Å². The van der Waals surface area contributed by atoms with Crippen LogP contribution >= 0.6 is 0 Å². The minimum absolute atomic E-state index is 0.0783. The van der Waals surface area contributed by atoms with E-state index in [4.69, 9.17) is 10.5 Å². The van der Waals surface area contributed by atoms with Crippen LogP contribution < -0.4 is 10.5 Å². The first-order valence-corrected chi connectivity index (χ1v) is 11.8.